The van der Waals surface area contributed by atoms with Gasteiger partial charge in [0.15, 0.2) is 0 Å². The van der Waals surface area contributed by atoms with Crippen molar-refractivity contribution in [2.45, 2.75) is 44.2 Å². The van der Waals surface area contributed by atoms with Crippen LogP contribution in [0.25, 0.3) is 6.08 Å². The minimum Gasteiger partial charge on any atom is -0.368 e. The number of primary amides is 1. The topological polar surface area (TPSA) is 75.0 Å². The number of carbonyl (C=O) groups is 1. The van der Waals surface area contributed by atoms with Crippen molar-refractivity contribution >= 4 is 12.0 Å². The Kier molecular flexibility index (Phi) is 2.61. The molecule has 1 aliphatic carbocycles. The van der Waals surface area contributed by atoms with E-state index >= 15 is 0 Å². The number of H-pyrrole nitrogens is 1. The Bertz CT molecular complexity index is 485. The average Bonchev–Trinajstić information content (AvgIpc) is 2.86. The van der Waals surface area contributed by atoms with Crippen molar-refractivity contribution in [3.05, 3.63) is 23.7 Å². The molecule has 18 heavy (non-hydrogen) atoms. The summed E-state index contributed by atoms with van der Waals surface area (Å²) in [5.41, 5.74) is 7.35. The zero-order valence-electron chi connectivity index (χ0n) is 10.4. The molecule has 1 aromatic rings. The lowest BCUT2D eigenvalue weighted by Crippen LogP contribution is -2.56. The van der Waals surface area contributed by atoms with Gasteiger partial charge in [0.05, 0.1) is 11.9 Å². The van der Waals surface area contributed by atoms with Crippen LogP contribution in [0.15, 0.2) is 12.4 Å². The van der Waals surface area contributed by atoms with Crippen LogP contribution in [0.2, 0.25) is 0 Å². The number of fused-ring (bicyclic) bond motifs is 1. The third-order valence-electron chi connectivity index (χ3n) is 4.20. The van der Waals surface area contributed by atoms with Crippen molar-refractivity contribution in [2.75, 3.05) is 0 Å². The molecule has 0 unspecified atom stereocenters. The van der Waals surface area contributed by atoms with Crippen LogP contribution >= 0.6 is 0 Å². The minimum absolute atomic E-state index is 0.196. The standard InChI is InChI=1S/C13H18N4O/c14-12(18)13(5-2-1-3-6-13)17-7-4-11-10(9-17)8-15-16-11/h4,7-8H,1-3,5-6,9H2,(H2,14,18)(H,15,16). The minimum atomic E-state index is -0.496. The van der Waals surface area contributed by atoms with Gasteiger partial charge in [0.1, 0.15) is 5.54 Å². The highest BCUT2D eigenvalue weighted by molar-refractivity contribution is 5.85. The van der Waals surface area contributed by atoms with Gasteiger partial charge in [0, 0.05) is 18.3 Å². The van der Waals surface area contributed by atoms with Crippen molar-refractivity contribution in [1.82, 2.24) is 15.1 Å². The Labute approximate surface area is 106 Å². The van der Waals surface area contributed by atoms with E-state index in [-0.39, 0.29) is 5.91 Å². The molecule has 1 aromatic heterocycles. The number of nitrogens with one attached hydrogen (secondary N) is 1. The Morgan fingerprint density at radius 3 is 2.89 bits per heavy atom. The number of carbonyl (C=O) groups excluding carboxylic acids is 1. The number of hydrogen-bond donors (Lipinski definition) is 2. The lowest BCUT2D eigenvalue weighted by molar-refractivity contribution is -0.131. The maximum Gasteiger partial charge on any atom is 0.243 e. The van der Waals surface area contributed by atoms with Crippen LogP contribution in [-0.2, 0) is 11.3 Å². The molecule has 3 N–H and O–H groups in total. The number of aromatic nitrogens is 2. The van der Waals surface area contributed by atoms with Crippen LogP contribution in [0.5, 0.6) is 0 Å². The van der Waals surface area contributed by atoms with Gasteiger partial charge in [-0.2, -0.15) is 5.10 Å². The Hall–Kier alpha value is -1.78. The van der Waals surface area contributed by atoms with E-state index in [4.69, 9.17) is 5.73 Å². The number of nitrogens with two attached hydrogens (primary N) is 1. The molecule has 5 heteroatoms. The number of rotatable bonds is 2. The number of hydrogen-bond acceptors (Lipinski definition) is 3. The van der Waals surface area contributed by atoms with E-state index in [1.54, 1.807) is 0 Å². The first kappa shape index (κ1) is 11.3. The quantitative estimate of drug-likeness (QED) is 0.828. The van der Waals surface area contributed by atoms with E-state index < -0.39 is 5.54 Å². The molecular formula is C13H18N4O. The second-order valence-electron chi connectivity index (χ2n) is 5.21. The summed E-state index contributed by atoms with van der Waals surface area (Å²) >= 11 is 0. The molecule has 1 fully saturated rings. The molecule has 0 atom stereocenters. The largest absolute Gasteiger partial charge is 0.368 e. The first-order chi connectivity index (χ1) is 8.72. The molecule has 96 valence electrons. The first-order valence-corrected chi connectivity index (χ1v) is 6.49. The van der Waals surface area contributed by atoms with Gasteiger partial charge in [-0.05, 0) is 18.9 Å². The summed E-state index contributed by atoms with van der Waals surface area (Å²) in [5.74, 6) is -0.196. The smallest absolute Gasteiger partial charge is 0.243 e. The summed E-state index contributed by atoms with van der Waals surface area (Å²) in [5, 5.41) is 6.98. The first-order valence-electron chi connectivity index (χ1n) is 6.49. The van der Waals surface area contributed by atoms with Crippen molar-refractivity contribution < 1.29 is 4.79 Å². The maximum absolute atomic E-state index is 11.9. The molecule has 1 aliphatic heterocycles. The third-order valence-corrected chi connectivity index (χ3v) is 4.20. The van der Waals surface area contributed by atoms with Gasteiger partial charge in [0.2, 0.25) is 5.91 Å². The Balaban J connectivity index is 1.91. The summed E-state index contributed by atoms with van der Waals surface area (Å²) < 4.78 is 0. The van der Waals surface area contributed by atoms with E-state index in [9.17, 15) is 4.79 Å². The van der Waals surface area contributed by atoms with Crippen LogP contribution in [0.3, 0.4) is 0 Å². The van der Waals surface area contributed by atoms with E-state index in [1.807, 2.05) is 18.5 Å². The molecule has 0 aromatic carbocycles. The van der Waals surface area contributed by atoms with E-state index in [0.717, 1.165) is 36.9 Å². The SMILES string of the molecule is NC(=O)C1(N2C=Cc3[nH]ncc3C2)CCCCC1. The lowest BCUT2D eigenvalue weighted by atomic mass is 9.79. The molecule has 5 nitrogen and oxygen atoms in total. The van der Waals surface area contributed by atoms with Crippen molar-refractivity contribution in [3.63, 3.8) is 0 Å². The predicted molar refractivity (Wildman–Crippen MR) is 68.2 cm³/mol. The fourth-order valence-corrected chi connectivity index (χ4v) is 3.10. The summed E-state index contributed by atoms with van der Waals surface area (Å²) in [7, 11) is 0. The zero-order chi connectivity index (χ0) is 12.6. The van der Waals surface area contributed by atoms with Gasteiger partial charge >= 0.3 is 0 Å². The van der Waals surface area contributed by atoms with Crippen LogP contribution < -0.4 is 5.73 Å². The molecule has 1 amide bonds. The van der Waals surface area contributed by atoms with E-state index in [1.165, 1.54) is 6.42 Å². The zero-order valence-corrected chi connectivity index (χ0v) is 10.4. The average molecular weight is 246 g/mol. The molecule has 0 radical (unpaired) electrons. The molecule has 2 heterocycles. The van der Waals surface area contributed by atoms with Gasteiger partial charge < -0.3 is 10.6 Å². The third kappa shape index (κ3) is 1.62. The molecular weight excluding hydrogens is 228 g/mol. The van der Waals surface area contributed by atoms with E-state index in [2.05, 4.69) is 15.1 Å². The highest BCUT2D eigenvalue weighted by atomic mass is 16.1. The predicted octanol–water partition coefficient (Wildman–Crippen LogP) is 1.38. The second kappa shape index (κ2) is 4.15. The van der Waals surface area contributed by atoms with Crippen LogP contribution in [0.4, 0.5) is 0 Å². The molecule has 2 aliphatic rings. The molecule has 0 saturated heterocycles. The summed E-state index contributed by atoms with van der Waals surface area (Å²) in [4.78, 5) is 14.1. The summed E-state index contributed by atoms with van der Waals surface area (Å²) in [6, 6.07) is 0. The highest BCUT2D eigenvalue weighted by Gasteiger charge is 2.42. The normalized spacial score (nSPS) is 21.7. The van der Waals surface area contributed by atoms with Crippen LogP contribution in [-0.4, -0.2) is 26.5 Å². The van der Waals surface area contributed by atoms with Gasteiger partial charge in [-0.25, -0.2) is 0 Å². The fraction of sp³-hybridized carbons (Fsp3) is 0.538. The van der Waals surface area contributed by atoms with Gasteiger partial charge in [-0.3, -0.25) is 9.89 Å². The fourth-order valence-electron chi connectivity index (χ4n) is 3.10. The second-order valence-corrected chi connectivity index (χ2v) is 5.21. The van der Waals surface area contributed by atoms with Crippen LogP contribution in [0, 0.1) is 0 Å². The highest BCUT2D eigenvalue weighted by Crippen LogP contribution is 2.36. The molecule has 0 spiro atoms. The number of aromatic amines is 1. The molecule has 3 rings (SSSR count). The Morgan fingerprint density at radius 2 is 2.17 bits per heavy atom. The Morgan fingerprint density at radius 1 is 1.39 bits per heavy atom. The molecule has 1 saturated carbocycles. The monoisotopic (exact) mass is 246 g/mol. The maximum atomic E-state index is 11.9. The lowest BCUT2D eigenvalue weighted by Gasteiger charge is -2.44. The summed E-state index contributed by atoms with van der Waals surface area (Å²) in [6.07, 6.45) is 10.9. The van der Waals surface area contributed by atoms with Crippen molar-refractivity contribution in [1.29, 1.82) is 0 Å². The summed E-state index contributed by atoms with van der Waals surface area (Å²) in [6.45, 7) is 0.714. The number of nitrogens with zero attached hydrogens (tertiary/aromatic N) is 2. The van der Waals surface area contributed by atoms with Crippen molar-refractivity contribution in [3.8, 4) is 0 Å². The van der Waals surface area contributed by atoms with Crippen LogP contribution in [0.1, 0.15) is 43.4 Å². The molecule has 0 bridgehead atoms. The number of amides is 1. The van der Waals surface area contributed by atoms with Gasteiger partial charge in [-0.15, -0.1) is 0 Å². The van der Waals surface area contributed by atoms with E-state index in [0.29, 0.717) is 6.54 Å². The van der Waals surface area contributed by atoms with Crippen molar-refractivity contribution in [2.24, 2.45) is 5.73 Å². The van der Waals surface area contributed by atoms with Gasteiger partial charge in [0.25, 0.3) is 0 Å². The van der Waals surface area contributed by atoms with Gasteiger partial charge in [-0.1, -0.05) is 19.3 Å².